The second-order valence-corrected chi connectivity index (χ2v) is 10.4. The first-order valence-electron chi connectivity index (χ1n) is 12.7. The molecule has 9 nitrogen and oxygen atoms in total. The van der Waals surface area contributed by atoms with Crippen molar-refractivity contribution in [1.82, 2.24) is 10.5 Å². The van der Waals surface area contributed by atoms with Crippen LogP contribution in [0.1, 0.15) is 43.4 Å². The Bertz CT molecular complexity index is 1250. The van der Waals surface area contributed by atoms with Crippen LogP contribution in [0.5, 0.6) is 0 Å². The first kappa shape index (κ1) is 23.0. The molecule has 188 valence electrons. The van der Waals surface area contributed by atoms with Gasteiger partial charge >= 0.3 is 0 Å². The first-order valence-corrected chi connectivity index (χ1v) is 12.7. The second kappa shape index (κ2) is 8.58. The van der Waals surface area contributed by atoms with E-state index in [4.69, 9.17) is 9.26 Å². The van der Waals surface area contributed by atoms with Crippen LogP contribution in [-0.4, -0.2) is 46.7 Å². The molecule has 1 spiro atoms. The maximum absolute atomic E-state index is 14.1. The number of amides is 3. The van der Waals surface area contributed by atoms with E-state index in [1.807, 2.05) is 43.3 Å². The third-order valence-corrected chi connectivity index (χ3v) is 8.03. The van der Waals surface area contributed by atoms with Gasteiger partial charge in [-0.15, -0.1) is 0 Å². The van der Waals surface area contributed by atoms with Gasteiger partial charge in [-0.05, 0) is 38.3 Å². The Morgan fingerprint density at radius 2 is 1.89 bits per heavy atom. The molecule has 3 fully saturated rings. The van der Waals surface area contributed by atoms with E-state index in [-0.39, 0.29) is 29.6 Å². The van der Waals surface area contributed by atoms with Crippen molar-refractivity contribution in [3.8, 4) is 0 Å². The van der Waals surface area contributed by atoms with E-state index in [9.17, 15) is 14.4 Å². The number of aryl methyl sites for hydroxylation is 2. The lowest BCUT2D eigenvalue weighted by Gasteiger charge is -2.34. The number of aromatic nitrogens is 1. The SMILES string of the molecule is Cc1cc(NC(=O)[C@H]2[C@H]3C=C[C@]4(O3)[C@H](C(=O)NC3CCCCC3)N(c3ccccc3C)C(=O)[C@@H]24)no1. The molecular weight excluding hydrogens is 460 g/mol. The number of hydrogen-bond acceptors (Lipinski definition) is 6. The minimum atomic E-state index is -1.22. The minimum Gasteiger partial charge on any atom is -0.360 e. The molecule has 0 unspecified atom stereocenters. The molecule has 1 saturated carbocycles. The van der Waals surface area contributed by atoms with Gasteiger partial charge in [0.15, 0.2) is 5.82 Å². The average molecular weight is 491 g/mol. The molecule has 36 heavy (non-hydrogen) atoms. The van der Waals surface area contributed by atoms with E-state index < -0.39 is 29.6 Å². The third-order valence-electron chi connectivity index (χ3n) is 8.03. The van der Waals surface area contributed by atoms with Gasteiger partial charge in [-0.1, -0.05) is 54.8 Å². The van der Waals surface area contributed by atoms with Crippen molar-refractivity contribution in [2.45, 2.75) is 69.7 Å². The van der Waals surface area contributed by atoms with Gasteiger partial charge < -0.3 is 19.9 Å². The predicted octanol–water partition coefficient (Wildman–Crippen LogP) is 3.03. The lowest BCUT2D eigenvalue weighted by molar-refractivity contribution is -0.129. The molecule has 4 aliphatic rings. The van der Waals surface area contributed by atoms with Crippen LogP contribution < -0.4 is 15.5 Å². The molecule has 1 aromatic carbocycles. The number of benzene rings is 1. The molecule has 9 heteroatoms. The van der Waals surface area contributed by atoms with E-state index in [1.54, 1.807) is 17.9 Å². The standard InChI is InChI=1S/C27H30N4O5/c1-15-8-6-7-11-18(15)31-23(25(33)28-17-9-4-3-5-10-17)27-13-12-19(35-27)21(22(27)26(31)34)24(32)29-20-14-16(2)36-30-20/h6-8,11-14,17,19,21-23H,3-5,9-10H2,1-2H3,(H,28,33)(H,29,30,32)/t19-,21+,22-,23+,27-/m1/s1. The zero-order valence-electron chi connectivity index (χ0n) is 20.4. The Kier molecular flexibility index (Phi) is 5.48. The highest BCUT2D eigenvalue weighted by atomic mass is 16.5. The summed E-state index contributed by atoms with van der Waals surface area (Å²) in [6.07, 6.45) is 8.21. The van der Waals surface area contributed by atoms with Crippen LogP contribution in [0.25, 0.3) is 0 Å². The number of anilines is 2. The fourth-order valence-electron chi connectivity index (χ4n) is 6.43. The van der Waals surface area contributed by atoms with Crippen LogP contribution in [0.15, 0.2) is 47.0 Å². The number of rotatable bonds is 5. The van der Waals surface area contributed by atoms with Crippen molar-refractivity contribution < 1.29 is 23.6 Å². The number of nitrogens with zero attached hydrogens (tertiary/aromatic N) is 2. The first-order chi connectivity index (χ1) is 17.4. The molecule has 1 aromatic heterocycles. The smallest absolute Gasteiger partial charge is 0.246 e. The van der Waals surface area contributed by atoms with Crippen LogP contribution in [-0.2, 0) is 19.1 Å². The largest absolute Gasteiger partial charge is 0.360 e. The van der Waals surface area contributed by atoms with Crippen LogP contribution >= 0.6 is 0 Å². The number of ether oxygens (including phenoxy) is 1. The number of carbonyl (C=O) groups is 3. The van der Waals surface area contributed by atoms with Crippen LogP contribution in [0.4, 0.5) is 11.5 Å². The number of fused-ring (bicyclic) bond motifs is 1. The Hall–Kier alpha value is -3.46. The Morgan fingerprint density at radius 3 is 2.61 bits per heavy atom. The monoisotopic (exact) mass is 490 g/mol. The minimum absolute atomic E-state index is 0.0765. The number of carbonyl (C=O) groups excluding carboxylic acids is 3. The summed E-state index contributed by atoms with van der Waals surface area (Å²) in [5.41, 5.74) is 0.307. The quantitative estimate of drug-likeness (QED) is 0.623. The van der Waals surface area contributed by atoms with Gasteiger partial charge in [0, 0.05) is 17.8 Å². The normalized spacial score (nSPS) is 31.1. The van der Waals surface area contributed by atoms with Crippen molar-refractivity contribution in [2.75, 3.05) is 10.2 Å². The zero-order chi connectivity index (χ0) is 25.0. The van der Waals surface area contributed by atoms with E-state index >= 15 is 0 Å². The molecule has 2 bridgehead atoms. The highest BCUT2D eigenvalue weighted by Crippen LogP contribution is 2.56. The molecule has 3 aliphatic heterocycles. The third kappa shape index (κ3) is 3.48. The summed E-state index contributed by atoms with van der Waals surface area (Å²) in [7, 11) is 0. The van der Waals surface area contributed by atoms with E-state index in [1.165, 1.54) is 6.42 Å². The molecular formula is C27H30N4O5. The van der Waals surface area contributed by atoms with Gasteiger partial charge in [0.1, 0.15) is 17.4 Å². The fourth-order valence-corrected chi connectivity index (χ4v) is 6.43. The van der Waals surface area contributed by atoms with E-state index in [2.05, 4.69) is 15.8 Å². The van der Waals surface area contributed by atoms with Gasteiger partial charge in [-0.3, -0.25) is 19.3 Å². The van der Waals surface area contributed by atoms with Crippen LogP contribution in [0.2, 0.25) is 0 Å². The van der Waals surface area contributed by atoms with Crippen molar-refractivity contribution in [3.63, 3.8) is 0 Å². The summed E-state index contributed by atoms with van der Waals surface area (Å²) >= 11 is 0. The van der Waals surface area contributed by atoms with Gasteiger partial charge in [0.2, 0.25) is 17.7 Å². The number of hydrogen-bond donors (Lipinski definition) is 2. The van der Waals surface area contributed by atoms with Gasteiger partial charge in [0.05, 0.1) is 17.9 Å². The lowest BCUT2D eigenvalue weighted by Crippen LogP contribution is -2.56. The number of nitrogens with one attached hydrogen (secondary N) is 2. The Balaban J connectivity index is 1.38. The maximum atomic E-state index is 14.1. The van der Waals surface area contributed by atoms with E-state index in [0.717, 1.165) is 31.2 Å². The summed E-state index contributed by atoms with van der Waals surface area (Å²) in [4.78, 5) is 43.0. The molecule has 6 rings (SSSR count). The number of para-hydroxylation sites is 1. The molecule has 2 aromatic rings. The zero-order valence-corrected chi connectivity index (χ0v) is 20.4. The predicted molar refractivity (Wildman–Crippen MR) is 131 cm³/mol. The summed E-state index contributed by atoms with van der Waals surface area (Å²) in [6.45, 7) is 3.65. The Morgan fingerprint density at radius 1 is 1.11 bits per heavy atom. The maximum Gasteiger partial charge on any atom is 0.246 e. The van der Waals surface area contributed by atoms with Crippen LogP contribution in [0.3, 0.4) is 0 Å². The molecule has 1 aliphatic carbocycles. The highest BCUT2D eigenvalue weighted by molar-refractivity contribution is 6.11. The van der Waals surface area contributed by atoms with Gasteiger partial charge in [-0.25, -0.2) is 0 Å². The molecule has 5 atom stereocenters. The summed E-state index contributed by atoms with van der Waals surface area (Å²) in [5, 5.41) is 9.82. The summed E-state index contributed by atoms with van der Waals surface area (Å²) < 4.78 is 11.5. The molecule has 4 heterocycles. The van der Waals surface area contributed by atoms with Crippen molar-refractivity contribution >= 4 is 29.2 Å². The van der Waals surface area contributed by atoms with E-state index in [0.29, 0.717) is 11.4 Å². The highest BCUT2D eigenvalue weighted by Gasteiger charge is 2.73. The van der Waals surface area contributed by atoms with Gasteiger partial charge in [0.25, 0.3) is 0 Å². The second-order valence-electron chi connectivity index (χ2n) is 10.4. The molecule has 2 N–H and O–H groups in total. The Labute approximate surface area is 209 Å². The lowest BCUT2D eigenvalue weighted by atomic mass is 9.74. The topological polar surface area (TPSA) is 114 Å². The van der Waals surface area contributed by atoms with Crippen LogP contribution in [0, 0.1) is 25.7 Å². The van der Waals surface area contributed by atoms with Gasteiger partial charge in [-0.2, -0.15) is 0 Å². The molecule has 0 radical (unpaired) electrons. The molecule has 2 saturated heterocycles. The van der Waals surface area contributed by atoms with Crippen molar-refractivity contribution in [3.05, 3.63) is 53.8 Å². The average Bonchev–Trinajstić information content (AvgIpc) is 3.61. The fraction of sp³-hybridized carbons (Fsp3) is 0.481. The summed E-state index contributed by atoms with van der Waals surface area (Å²) in [5.74, 6) is -1.67. The van der Waals surface area contributed by atoms with Crippen molar-refractivity contribution in [2.24, 2.45) is 11.8 Å². The van der Waals surface area contributed by atoms with Crippen molar-refractivity contribution in [1.29, 1.82) is 0 Å². The molecule has 3 amide bonds. The summed E-state index contributed by atoms with van der Waals surface area (Å²) in [6, 6.07) is 8.29.